The number of para-hydroxylation sites is 2. The normalized spacial score (nSPS) is 10.3. The average molecular weight is 355 g/mol. The Labute approximate surface area is 152 Å². The van der Waals surface area contributed by atoms with Gasteiger partial charge in [0.1, 0.15) is 11.6 Å². The predicted octanol–water partition coefficient (Wildman–Crippen LogP) is 4.88. The van der Waals surface area contributed by atoms with E-state index in [1.54, 1.807) is 6.20 Å². The van der Waals surface area contributed by atoms with E-state index < -0.39 is 0 Å². The molecule has 0 aliphatic heterocycles. The van der Waals surface area contributed by atoms with Crippen molar-refractivity contribution >= 4 is 29.1 Å². The summed E-state index contributed by atoms with van der Waals surface area (Å²) in [5.41, 5.74) is 1.84. The van der Waals surface area contributed by atoms with Gasteiger partial charge in [-0.3, -0.25) is 0 Å². The Hall–Kier alpha value is -2.79. The summed E-state index contributed by atoms with van der Waals surface area (Å²) < 4.78 is 5.61. The minimum absolute atomic E-state index is 0.497. The van der Waals surface area contributed by atoms with Crippen LogP contribution in [0.5, 0.6) is 5.75 Å². The van der Waals surface area contributed by atoms with Gasteiger partial charge in [0.25, 0.3) is 0 Å². The molecule has 128 valence electrons. The molecule has 0 saturated heterocycles. The Balaban J connectivity index is 1.71. The van der Waals surface area contributed by atoms with Gasteiger partial charge in [0.05, 0.1) is 12.3 Å². The Kier molecular flexibility index (Phi) is 5.69. The lowest BCUT2D eigenvalue weighted by atomic mass is 10.2. The van der Waals surface area contributed by atoms with Crippen LogP contribution in [-0.4, -0.2) is 16.6 Å². The lowest BCUT2D eigenvalue weighted by Gasteiger charge is -2.12. The largest absolute Gasteiger partial charge is 0.492 e. The van der Waals surface area contributed by atoms with Crippen LogP contribution >= 0.6 is 11.6 Å². The maximum atomic E-state index is 6.18. The van der Waals surface area contributed by atoms with E-state index in [-0.39, 0.29) is 0 Å². The van der Waals surface area contributed by atoms with Crippen LogP contribution in [0.3, 0.4) is 0 Å². The molecule has 25 heavy (non-hydrogen) atoms. The second kappa shape index (κ2) is 8.35. The number of benzene rings is 2. The predicted molar refractivity (Wildman–Crippen MR) is 102 cm³/mol. The molecule has 0 spiro atoms. The maximum absolute atomic E-state index is 6.18. The smallest absolute Gasteiger partial charge is 0.229 e. The molecule has 0 radical (unpaired) electrons. The number of hydrogen-bond donors (Lipinski definition) is 2. The third kappa shape index (κ3) is 4.61. The van der Waals surface area contributed by atoms with Crippen LogP contribution in [0.15, 0.2) is 60.8 Å². The van der Waals surface area contributed by atoms with E-state index >= 15 is 0 Å². The molecule has 0 aliphatic carbocycles. The molecule has 0 saturated carbocycles. The summed E-state index contributed by atoms with van der Waals surface area (Å²) in [7, 11) is 0. The van der Waals surface area contributed by atoms with Gasteiger partial charge in [0.2, 0.25) is 5.95 Å². The number of halogens is 1. The van der Waals surface area contributed by atoms with Gasteiger partial charge in [-0.2, -0.15) is 4.98 Å². The molecule has 0 aliphatic rings. The van der Waals surface area contributed by atoms with Crippen molar-refractivity contribution in [2.24, 2.45) is 0 Å². The fraction of sp³-hybridized carbons (Fsp3) is 0.158. The van der Waals surface area contributed by atoms with E-state index in [0.717, 1.165) is 22.0 Å². The zero-order valence-electron chi connectivity index (χ0n) is 13.9. The Morgan fingerprint density at radius 1 is 1.04 bits per heavy atom. The molecule has 2 N–H and O–H groups in total. The first kappa shape index (κ1) is 17.0. The molecule has 2 aromatic carbocycles. The standard InChI is InChI=1S/C19H19ClN4O/c1-2-25-17-10-6-5-9-16(17)23-19-21-12-11-18(24-19)22-13-14-7-3-4-8-15(14)20/h3-12H,2,13H2,1H3,(H2,21,22,23,24). The van der Waals surface area contributed by atoms with E-state index in [1.807, 2.05) is 61.5 Å². The van der Waals surface area contributed by atoms with Crippen LogP contribution in [0.25, 0.3) is 0 Å². The third-order valence-corrected chi connectivity index (χ3v) is 3.88. The summed E-state index contributed by atoms with van der Waals surface area (Å²) in [5, 5.41) is 7.18. The fourth-order valence-electron chi connectivity index (χ4n) is 2.32. The molecular formula is C19H19ClN4O. The molecule has 0 atom stereocenters. The molecule has 0 fully saturated rings. The molecule has 5 nitrogen and oxygen atoms in total. The van der Waals surface area contributed by atoms with Crippen molar-refractivity contribution in [1.29, 1.82) is 0 Å². The first-order valence-corrected chi connectivity index (χ1v) is 8.43. The summed E-state index contributed by atoms with van der Waals surface area (Å²) in [6, 6.07) is 17.2. The van der Waals surface area contributed by atoms with Crippen molar-refractivity contribution in [2.75, 3.05) is 17.2 Å². The van der Waals surface area contributed by atoms with Crippen molar-refractivity contribution in [2.45, 2.75) is 13.5 Å². The van der Waals surface area contributed by atoms with Gasteiger partial charge >= 0.3 is 0 Å². The van der Waals surface area contributed by atoms with E-state index in [0.29, 0.717) is 24.9 Å². The zero-order chi connectivity index (χ0) is 17.5. The highest BCUT2D eigenvalue weighted by Gasteiger charge is 2.06. The molecule has 1 aromatic heterocycles. The third-order valence-electron chi connectivity index (χ3n) is 3.51. The lowest BCUT2D eigenvalue weighted by molar-refractivity contribution is 0.342. The first-order valence-electron chi connectivity index (χ1n) is 8.05. The average Bonchev–Trinajstić information content (AvgIpc) is 2.63. The van der Waals surface area contributed by atoms with Gasteiger partial charge in [-0.15, -0.1) is 0 Å². The van der Waals surface area contributed by atoms with Crippen molar-refractivity contribution in [3.63, 3.8) is 0 Å². The number of rotatable bonds is 7. The summed E-state index contributed by atoms with van der Waals surface area (Å²) >= 11 is 6.18. The van der Waals surface area contributed by atoms with Crippen molar-refractivity contribution in [3.05, 3.63) is 71.4 Å². The number of aromatic nitrogens is 2. The maximum Gasteiger partial charge on any atom is 0.229 e. The number of nitrogens with zero attached hydrogens (tertiary/aromatic N) is 2. The summed E-state index contributed by atoms with van der Waals surface area (Å²) in [6.45, 7) is 3.14. The number of hydrogen-bond acceptors (Lipinski definition) is 5. The molecular weight excluding hydrogens is 336 g/mol. The molecule has 3 rings (SSSR count). The molecule has 0 unspecified atom stereocenters. The van der Waals surface area contributed by atoms with Crippen LogP contribution in [-0.2, 0) is 6.54 Å². The van der Waals surface area contributed by atoms with Gasteiger partial charge in [-0.1, -0.05) is 41.9 Å². The quantitative estimate of drug-likeness (QED) is 0.633. The Bertz CT molecular complexity index is 841. The van der Waals surface area contributed by atoms with Crippen LogP contribution in [0.4, 0.5) is 17.5 Å². The van der Waals surface area contributed by atoms with Crippen molar-refractivity contribution in [1.82, 2.24) is 9.97 Å². The summed E-state index contributed by atoms with van der Waals surface area (Å²) in [5.74, 6) is 1.98. The first-order chi connectivity index (χ1) is 12.3. The van der Waals surface area contributed by atoms with E-state index in [9.17, 15) is 0 Å². The van der Waals surface area contributed by atoms with E-state index in [4.69, 9.17) is 16.3 Å². The highest BCUT2D eigenvalue weighted by molar-refractivity contribution is 6.31. The minimum Gasteiger partial charge on any atom is -0.492 e. The summed E-state index contributed by atoms with van der Waals surface area (Å²) in [6.07, 6.45) is 1.70. The number of anilines is 3. The highest BCUT2D eigenvalue weighted by Crippen LogP contribution is 2.26. The SMILES string of the molecule is CCOc1ccccc1Nc1nccc(NCc2ccccc2Cl)n1. The van der Waals surface area contributed by atoms with Crippen molar-refractivity contribution < 1.29 is 4.74 Å². The Morgan fingerprint density at radius 2 is 1.84 bits per heavy atom. The summed E-state index contributed by atoms with van der Waals surface area (Å²) in [4.78, 5) is 8.75. The van der Waals surface area contributed by atoms with Gasteiger partial charge in [-0.25, -0.2) is 4.98 Å². The van der Waals surface area contributed by atoms with E-state index in [2.05, 4.69) is 20.6 Å². The van der Waals surface area contributed by atoms with Crippen LogP contribution in [0, 0.1) is 0 Å². The van der Waals surface area contributed by atoms with Crippen LogP contribution < -0.4 is 15.4 Å². The number of ether oxygens (including phenoxy) is 1. The molecule has 6 heteroatoms. The van der Waals surface area contributed by atoms with Gasteiger partial charge in [-0.05, 0) is 36.8 Å². The molecule has 0 amide bonds. The monoisotopic (exact) mass is 354 g/mol. The fourth-order valence-corrected chi connectivity index (χ4v) is 2.52. The number of nitrogens with one attached hydrogen (secondary N) is 2. The lowest BCUT2D eigenvalue weighted by Crippen LogP contribution is -2.05. The second-order valence-electron chi connectivity index (χ2n) is 5.26. The highest BCUT2D eigenvalue weighted by atomic mass is 35.5. The molecule has 3 aromatic rings. The topological polar surface area (TPSA) is 59.1 Å². The van der Waals surface area contributed by atoms with Crippen LogP contribution in [0.1, 0.15) is 12.5 Å². The van der Waals surface area contributed by atoms with Gasteiger partial charge in [0, 0.05) is 17.8 Å². The van der Waals surface area contributed by atoms with Gasteiger partial charge in [0.15, 0.2) is 0 Å². The van der Waals surface area contributed by atoms with E-state index in [1.165, 1.54) is 0 Å². The van der Waals surface area contributed by atoms with Crippen LogP contribution in [0.2, 0.25) is 5.02 Å². The zero-order valence-corrected chi connectivity index (χ0v) is 14.6. The van der Waals surface area contributed by atoms with Crippen molar-refractivity contribution in [3.8, 4) is 5.75 Å². The molecule has 0 bridgehead atoms. The second-order valence-corrected chi connectivity index (χ2v) is 5.67. The minimum atomic E-state index is 0.497. The van der Waals surface area contributed by atoms with Gasteiger partial charge < -0.3 is 15.4 Å². The molecule has 1 heterocycles. The Morgan fingerprint density at radius 3 is 2.68 bits per heavy atom.